The monoisotopic (exact) mass is 800 g/mol. The van der Waals surface area contributed by atoms with Crippen LogP contribution in [0.4, 0.5) is 0 Å². The fourth-order valence-electron chi connectivity index (χ4n) is 14.3. The van der Waals surface area contributed by atoms with E-state index in [9.17, 15) is 51.1 Å². The molecule has 7 aliphatic rings. The van der Waals surface area contributed by atoms with Crippen molar-refractivity contribution < 1.29 is 70.0 Å². The third-order valence-corrected chi connectivity index (χ3v) is 17.9. The van der Waals surface area contributed by atoms with Crippen molar-refractivity contribution in [1.82, 2.24) is 0 Å². The van der Waals surface area contributed by atoms with Crippen molar-refractivity contribution in [2.45, 2.75) is 205 Å². The Morgan fingerprint density at radius 3 is 2.07 bits per heavy atom. The Balaban J connectivity index is 1.03. The second kappa shape index (κ2) is 14.5. The molecule has 2 spiro atoms. The lowest BCUT2D eigenvalue weighted by atomic mass is 9.40. The number of aliphatic hydroxyl groups is 10. The molecule has 0 aromatic carbocycles. The minimum Gasteiger partial charge on any atom is -0.394 e. The highest BCUT2D eigenvalue weighted by Gasteiger charge is 2.86. The summed E-state index contributed by atoms with van der Waals surface area (Å²) in [7, 11) is 0. The molecule has 14 nitrogen and oxygen atoms in total. The fraction of sp³-hybridized carbons (Fsp3) is 1.00. The molecule has 10 N–H and O–H groups in total. The molecular formula is C42H72O14. The molecule has 0 aromatic heterocycles. The highest BCUT2D eigenvalue weighted by atomic mass is 16.7. The van der Waals surface area contributed by atoms with Gasteiger partial charge < -0.3 is 70.0 Å². The van der Waals surface area contributed by atoms with E-state index in [1.165, 1.54) is 0 Å². The molecule has 5 saturated carbocycles. The lowest BCUT2D eigenvalue weighted by Gasteiger charge is -2.65. The first kappa shape index (κ1) is 43.5. The third-order valence-electron chi connectivity index (χ3n) is 17.9. The van der Waals surface area contributed by atoms with E-state index >= 15 is 0 Å². The summed E-state index contributed by atoms with van der Waals surface area (Å²) in [4.78, 5) is 0. The van der Waals surface area contributed by atoms with Crippen LogP contribution in [0.25, 0.3) is 0 Å². The van der Waals surface area contributed by atoms with Crippen LogP contribution in [0.15, 0.2) is 0 Å². The summed E-state index contributed by atoms with van der Waals surface area (Å²) in [5, 5.41) is 108. The van der Waals surface area contributed by atoms with Crippen LogP contribution in [0, 0.1) is 50.7 Å². The van der Waals surface area contributed by atoms with Crippen LogP contribution in [0.1, 0.15) is 113 Å². The van der Waals surface area contributed by atoms with Crippen LogP contribution >= 0.6 is 0 Å². The van der Waals surface area contributed by atoms with Gasteiger partial charge in [0.2, 0.25) is 0 Å². The van der Waals surface area contributed by atoms with Crippen molar-refractivity contribution in [2.75, 3.05) is 6.61 Å². The number of hydrogen-bond donors (Lipinski definition) is 10. The van der Waals surface area contributed by atoms with Gasteiger partial charge in [0.05, 0.1) is 42.7 Å². The van der Waals surface area contributed by atoms with Gasteiger partial charge in [0.25, 0.3) is 0 Å². The van der Waals surface area contributed by atoms with Crippen LogP contribution in [0.3, 0.4) is 0 Å². The quantitative estimate of drug-likeness (QED) is 0.139. The summed E-state index contributed by atoms with van der Waals surface area (Å²) >= 11 is 0. The zero-order chi connectivity index (χ0) is 41.3. The average Bonchev–Trinajstić information content (AvgIpc) is 3.73. The van der Waals surface area contributed by atoms with Gasteiger partial charge >= 0.3 is 0 Å². The molecule has 7 fully saturated rings. The normalized spacial score (nSPS) is 55.0. The minimum atomic E-state index is -1.57. The first-order chi connectivity index (χ1) is 25.9. The molecule has 0 aromatic rings. The zero-order valence-electron chi connectivity index (χ0n) is 34.6. The van der Waals surface area contributed by atoms with Crippen molar-refractivity contribution in [3.8, 4) is 0 Å². The number of hydrogen-bond acceptors (Lipinski definition) is 14. The molecule has 5 aliphatic carbocycles. The van der Waals surface area contributed by atoms with Crippen molar-refractivity contribution in [3.63, 3.8) is 0 Å². The number of rotatable bonds is 10. The molecule has 324 valence electrons. The standard InChI is InChI=1S/C42H72O14/c1-19(9-10-25(45)38(5,6)56-36-33(52)31(50)29(48)23(17-43)54-36)21-11-12-40(8)34-22(44)15-24-37(3,4)27(55-35-32(51)30(49)28(47)20(2)53-35)16-26(46)42(24)18-41(34,42)14-13-39(21,40)7/h19-36,43-52H,9-18H2,1-8H3/t19-,20+,21-,22+,23-,24+,25+,26+,27+,28+,29-,30-,31+,32-,33-,34+,35+,36+,39-,40+,41+,42-/m1/s1. The Labute approximate surface area is 331 Å². The van der Waals surface area contributed by atoms with Gasteiger partial charge in [-0.05, 0) is 117 Å². The fourth-order valence-corrected chi connectivity index (χ4v) is 14.3. The average molecular weight is 801 g/mol. The highest BCUT2D eigenvalue weighted by Crippen LogP contribution is 2.89. The molecule has 0 radical (unpaired) electrons. The van der Waals surface area contributed by atoms with E-state index in [0.717, 1.165) is 32.1 Å². The maximum absolute atomic E-state index is 12.4. The van der Waals surface area contributed by atoms with Crippen LogP contribution in [-0.2, 0) is 18.9 Å². The second-order valence-corrected chi connectivity index (χ2v) is 21.1. The van der Waals surface area contributed by atoms with Gasteiger partial charge in [0.1, 0.15) is 42.7 Å². The molecule has 2 saturated heterocycles. The summed E-state index contributed by atoms with van der Waals surface area (Å²) in [6.45, 7) is 15.7. The van der Waals surface area contributed by atoms with E-state index < -0.39 is 103 Å². The van der Waals surface area contributed by atoms with Crippen LogP contribution in [-0.4, -0.2) is 149 Å². The van der Waals surface area contributed by atoms with Gasteiger partial charge in [-0.25, -0.2) is 0 Å². The van der Waals surface area contributed by atoms with Crippen LogP contribution in [0.2, 0.25) is 0 Å². The SMILES string of the molecule is C[C@H](CC[C@H](O)C(C)(C)O[C@@H]1O[C@H](CO)[C@@H](O)[C@H](O)[C@H]1O)[C@H]1CC[C@@]2(C)[C@@H]3[C@@H](O)C[C@H]4C(C)(C)[C@@H](O[C@@H]5O[C@@H](C)[C@H](O)[C@@H](O)[C@H]5O)C[C@H](O)[C@@]45C[C@@]35CC[C@]12C. The summed E-state index contributed by atoms with van der Waals surface area (Å²) in [6.07, 6.45) is -9.05. The predicted molar refractivity (Wildman–Crippen MR) is 200 cm³/mol. The van der Waals surface area contributed by atoms with E-state index in [-0.39, 0.29) is 39.4 Å². The maximum atomic E-state index is 12.4. The zero-order valence-corrected chi connectivity index (χ0v) is 34.6. The molecule has 0 unspecified atom stereocenters. The van der Waals surface area contributed by atoms with E-state index in [1.54, 1.807) is 20.8 Å². The molecule has 56 heavy (non-hydrogen) atoms. The minimum absolute atomic E-state index is 0.0163. The van der Waals surface area contributed by atoms with Gasteiger partial charge in [-0.2, -0.15) is 0 Å². The topological polar surface area (TPSA) is 239 Å². The van der Waals surface area contributed by atoms with Gasteiger partial charge in [0, 0.05) is 11.8 Å². The van der Waals surface area contributed by atoms with E-state index in [0.29, 0.717) is 31.6 Å². The molecule has 0 bridgehead atoms. The lowest BCUT2D eigenvalue weighted by Crippen LogP contribution is -2.65. The summed E-state index contributed by atoms with van der Waals surface area (Å²) in [5.74, 6) is 0.562. The Kier molecular flexibility index (Phi) is 11.3. The first-order valence-electron chi connectivity index (χ1n) is 21.3. The largest absolute Gasteiger partial charge is 0.394 e. The molecule has 7 rings (SSSR count). The Morgan fingerprint density at radius 1 is 0.768 bits per heavy atom. The Hall–Kier alpha value is -0.560. The van der Waals surface area contributed by atoms with Gasteiger partial charge in [-0.3, -0.25) is 0 Å². The van der Waals surface area contributed by atoms with Crippen molar-refractivity contribution in [3.05, 3.63) is 0 Å². The van der Waals surface area contributed by atoms with Crippen LogP contribution < -0.4 is 0 Å². The van der Waals surface area contributed by atoms with E-state index in [2.05, 4.69) is 34.6 Å². The Bertz CT molecular complexity index is 1430. The van der Waals surface area contributed by atoms with Crippen molar-refractivity contribution in [1.29, 1.82) is 0 Å². The summed E-state index contributed by atoms with van der Waals surface area (Å²) in [5.41, 5.74) is -2.48. The highest BCUT2D eigenvalue weighted by molar-refractivity contribution is 5.34. The molecule has 2 heterocycles. The van der Waals surface area contributed by atoms with Crippen molar-refractivity contribution in [2.24, 2.45) is 50.7 Å². The predicted octanol–water partition coefficient (Wildman–Crippen LogP) is 0.952. The molecule has 2 aliphatic heterocycles. The third kappa shape index (κ3) is 6.16. The number of ether oxygens (including phenoxy) is 4. The second-order valence-electron chi connectivity index (χ2n) is 21.1. The maximum Gasteiger partial charge on any atom is 0.187 e. The summed E-state index contributed by atoms with van der Waals surface area (Å²) in [6, 6.07) is 0. The van der Waals surface area contributed by atoms with Crippen molar-refractivity contribution >= 4 is 0 Å². The van der Waals surface area contributed by atoms with Crippen LogP contribution in [0.5, 0.6) is 0 Å². The molecule has 22 atom stereocenters. The van der Waals surface area contributed by atoms with E-state index in [1.807, 2.05) is 0 Å². The smallest absolute Gasteiger partial charge is 0.187 e. The number of fused-ring (bicyclic) bond motifs is 2. The van der Waals surface area contributed by atoms with Gasteiger partial charge in [-0.1, -0.05) is 34.6 Å². The summed E-state index contributed by atoms with van der Waals surface area (Å²) < 4.78 is 23.8. The lowest BCUT2D eigenvalue weighted by molar-refractivity contribution is -0.331. The van der Waals surface area contributed by atoms with Gasteiger partial charge in [0.15, 0.2) is 12.6 Å². The van der Waals surface area contributed by atoms with E-state index in [4.69, 9.17) is 18.9 Å². The number of aliphatic hydroxyl groups excluding tert-OH is 10. The molecule has 14 heteroatoms. The molecular weight excluding hydrogens is 728 g/mol. The van der Waals surface area contributed by atoms with Gasteiger partial charge in [-0.15, -0.1) is 0 Å². The first-order valence-corrected chi connectivity index (χ1v) is 21.3. The Morgan fingerprint density at radius 2 is 1.41 bits per heavy atom. The molecule has 0 amide bonds.